The summed E-state index contributed by atoms with van der Waals surface area (Å²) in [7, 11) is -3.26. The van der Waals surface area contributed by atoms with Gasteiger partial charge in [-0.1, -0.05) is 12.1 Å². The first-order valence-corrected chi connectivity index (χ1v) is 14.6. The average molecular weight is 584 g/mol. The van der Waals surface area contributed by atoms with Crippen LogP contribution in [-0.2, 0) is 20.0 Å². The first-order valence-electron chi connectivity index (χ1n) is 12.7. The number of alkyl halides is 5. The number of rotatable bonds is 5. The van der Waals surface area contributed by atoms with Gasteiger partial charge in [0.25, 0.3) is 5.92 Å². The highest BCUT2D eigenvalue weighted by Gasteiger charge is 2.82. The third kappa shape index (κ3) is 3.60. The lowest BCUT2D eigenvalue weighted by Gasteiger charge is -2.35. The molecule has 214 valence electrons. The normalized spacial score (nSPS) is 31.1. The average Bonchev–Trinajstić information content (AvgIpc) is 3.20. The van der Waals surface area contributed by atoms with Crippen LogP contribution >= 0.6 is 0 Å². The molecule has 0 saturated heterocycles. The summed E-state index contributed by atoms with van der Waals surface area (Å²) < 4.78 is 97.5. The van der Waals surface area contributed by atoms with E-state index in [-0.39, 0.29) is 35.4 Å². The minimum atomic E-state index is -4.61. The Labute approximate surface area is 226 Å². The molecule has 2 aromatic heterocycles. The van der Waals surface area contributed by atoms with E-state index in [0.29, 0.717) is 5.69 Å². The summed E-state index contributed by atoms with van der Waals surface area (Å²) in [4.78, 5) is 18.5. The Bertz CT molecular complexity index is 1630. The predicted molar refractivity (Wildman–Crippen MR) is 135 cm³/mol. The summed E-state index contributed by atoms with van der Waals surface area (Å²) >= 11 is 0. The molecule has 1 aromatic carbocycles. The summed E-state index contributed by atoms with van der Waals surface area (Å²) in [6.45, 7) is 1.80. The molecular weight excluding hydrogens is 557 g/mol. The van der Waals surface area contributed by atoms with Crippen LogP contribution in [0.5, 0.6) is 0 Å². The van der Waals surface area contributed by atoms with Crippen LogP contribution in [0.1, 0.15) is 43.9 Å². The number of fused-ring (bicyclic) bond motifs is 3. The van der Waals surface area contributed by atoms with Gasteiger partial charge in [0.1, 0.15) is 20.7 Å². The van der Waals surface area contributed by atoms with Gasteiger partial charge >= 0.3 is 6.18 Å². The number of nitrogens with one attached hydrogen (secondary N) is 1. The van der Waals surface area contributed by atoms with Gasteiger partial charge in [-0.05, 0) is 44.4 Å². The van der Waals surface area contributed by atoms with Crippen molar-refractivity contribution in [2.45, 2.75) is 61.4 Å². The molecule has 3 aromatic rings. The zero-order valence-corrected chi connectivity index (χ0v) is 22.5. The highest BCUT2D eigenvalue weighted by atomic mass is 32.2. The highest BCUT2D eigenvalue weighted by molar-refractivity contribution is 7.91. The molecule has 3 atom stereocenters. The van der Waals surface area contributed by atoms with Gasteiger partial charge in [-0.3, -0.25) is 4.79 Å². The number of carbonyl (C=O) groups excluding carboxylic acids is 1. The molecule has 2 aliphatic carbocycles. The molecule has 2 fully saturated rings. The molecule has 3 heterocycles. The topological polar surface area (TPSA) is 96.7 Å². The summed E-state index contributed by atoms with van der Waals surface area (Å²) in [5.74, 6) is -5.65. The Morgan fingerprint density at radius 3 is 2.35 bits per heavy atom. The van der Waals surface area contributed by atoms with Crippen molar-refractivity contribution in [2.75, 3.05) is 17.7 Å². The number of halogens is 5. The van der Waals surface area contributed by atoms with Crippen molar-refractivity contribution < 1.29 is 35.2 Å². The largest absolute Gasteiger partial charge is 0.401 e. The molecule has 1 N–H and O–H groups in total. The lowest BCUT2D eigenvalue weighted by atomic mass is 9.87. The van der Waals surface area contributed by atoms with Crippen LogP contribution < -0.4 is 10.2 Å². The molecular formula is C26H26F5N5O3S. The van der Waals surface area contributed by atoms with Crippen LogP contribution in [0.25, 0.3) is 5.65 Å². The van der Waals surface area contributed by atoms with Crippen LogP contribution in [0.2, 0.25) is 0 Å². The quantitative estimate of drug-likeness (QED) is 0.454. The van der Waals surface area contributed by atoms with Crippen LogP contribution in [0.4, 0.5) is 33.3 Å². The van der Waals surface area contributed by atoms with E-state index in [0.717, 1.165) is 13.2 Å². The SMILES string of the molecule is C[C@@]1(C(F)(F)F)CN(c2ccc([C@H]3C(F)(F)[C@]3(C)C(=O)N[C@H]3C[C@H](S(C)(=O)=O)C3)cc2)c2cnc3ccnn3c21. The van der Waals surface area contributed by atoms with Crippen molar-refractivity contribution in [1.82, 2.24) is 19.9 Å². The van der Waals surface area contributed by atoms with Crippen molar-refractivity contribution in [3.05, 3.63) is 54.0 Å². The fraction of sp³-hybridized carbons (Fsp3) is 0.500. The second-order valence-electron chi connectivity index (χ2n) is 11.5. The Balaban J connectivity index is 1.25. The predicted octanol–water partition coefficient (Wildman–Crippen LogP) is 4.13. The molecule has 14 heteroatoms. The van der Waals surface area contributed by atoms with E-state index < -0.39 is 62.4 Å². The summed E-state index contributed by atoms with van der Waals surface area (Å²) in [5.41, 5.74) is -3.37. The lowest BCUT2D eigenvalue weighted by Crippen LogP contribution is -2.51. The molecule has 6 rings (SSSR count). The van der Waals surface area contributed by atoms with E-state index >= 15 is 8.78 Å². The second-order valence-corrected chi connectivity index (χ2v) is 13.8. The number of anilines is 2. The molecule has 0 radical (unpaired) electrons. The first-order chi connectivity index (χ1) is 18.5. The van der Waals surface area contributed by atoms with Crippen molar-refractivity contribution >= 4 is 32.8 Å². The van der Waals surface area contributed by atoms with Crippen molar-refractivity contribution in [1.29, 1.82) is 0 Å². The monoisotopic (exact) mass is 583 g/mol. The third-order valence-electron chi connectivity index (χ3n) is 8.90. The molecule has 3 aliphatic rings. The molecule has 1 aliphatic heterocycles. The van der Waals surface area contributed by atoms with E-state index in [1.54, 1.807) is 0 Å². The number of benzene rings is 1. The third-order valence-corrected chi connectivity index (χ3v) is 10.5. The number of hydrogen-bond donors (Lipinski definition) is 1. The maximum atomic E-state index is 15.1. The van der Waals surface area contributed by atoms with Gasteiger partial charge < -0.3 is 10.2 Å². The van der Waals surface area contributed by atoms with E-state index in [9.17, 15) is 26.4 Å². The van der Waals surface area contributed by atoms with Gasteiger partial charge in [-0.25, -0.2) is 26.7 Å². The van der Waals surface area contributed by atoms with E-state index in [1.807, 2.05) is 0 Å². The van der Waals surface area contributed by atoms with Crippen molar-refractivity contribution in [2.24, 2.45) is 5.41 Å². The standard InChI is InChI=1S/C26H26F5N5O3S/c1-23(26(29,30)31)13-35(18-12-32-19-8-9-33-36(19)21(18)23)16-6-4-14(5-7-16)20-24(2,25(20,27)28)22(37)34-15-10-17(11-15)40(3,38)39/h4-9,12,15,17,20H,10-11,13H2,1-3H3,(H,34,37)/t15-,17-,20-,23-,24+/m1/s1. The number of amides is 1. The van der Waals surface area contributed by atoms with Gasteiger partial charge in [0.15, 0.2) is 5.65 Å². The second kappa shape index (κ2) is 8.14. The van der Waals surface area contributed by atoms with E-state index in [1.165, 1.54) is 59.1 Å². The number of aromatic nitrogens is 3. The number of hydrogen-bond acceptors (Lipinski definition) is 6. The summed E-state index contributed by atoms with van der Waals surface area (Å²) in [6, 6.07) is 6.74. The van der Waals surface area contributed by atoms with Crippen molar-refractivity contribution in [3.8, 4) is 0 Å². The highest BCUT2D eigenvalue weighted by Crippen LogP contribution is 2.71. The van der Waals surface area contributed by atoms with E-state index in [2.05, 4.69) is 15.4 Å². The van der Waals surface area contributed by atoms with Gasteiger partial charge in [-0.15, -0.1) is 0 Å². The zero-order valence-electron chi connectivity index (χ0n) is 21.7. The molecule has 0 bridgehead atoms. The minimum absolute atomic E-state index is 0.0637. The first kappa shape index (κ1) is 26.9. The Morgan fingerprint density at radius 1 is 1.10 bits per heavy atom. The fourth-order valence-electron chi connectivity index (χ4n) is 6.08. The maximum Gasteiger partial charge on any atom is 0.401 e. The zero-order chi connectivity index (χ0) is 29.0. The molecule has 0 unspecified atom stereocenters. The van der Waals surface area contributed by atoms with Crippen LogP contribution in [0, 0.1) is 5.41 Å². The molecule has 1 amide bonds. The van der Waals surface area contributed by atoms with E-state index in [4.69, 9.17) is 0 Å². The Morgan fingerprint density at radius 2 is 1.75 bits per heavy atom. The Hall–Kier alpha value is -3.29. The smallest absolute Gasteiger partial charge is 0.353 e. The van der Waals surface area contributed by atoms with Crippen LogP contribution in [-0.4, -0.2) is 65.1 Å². The lowest BCUT2D eigenvalue weighted by molar-refractivity contribution is -0.181. The van der Waals surface area contributed by atoms with Gasteiger partial charge in [0, 0.05) is 30.6 Å². The van der Waals surface area contributed by atoms with Crippen molar-refractivity contribution in [3.63, 3.8) is 0 Å². The number of sulfone groups is 1. The molecule has 8 nitrogen and oxygen atoms in total. The molecule has 2 saturated carbocycles. The minimum Gasteiger partial charge on any atom is -0.353 e. The summed E-state index contributed by atoms with van der Waals surface area (Å²) in [6.07, 6.45) is -0.426. The number of carbonyl (C=O) groups is 1. The Kier molecular flexibility index (Phi) is 5.47. The van der Waals surface area contributed by atoms with Gasteiger partial charge in [0.05, 0.1) is 34.9 Å². The number of nitrogens with zero attached hydrogens (tertiary/aromatic N) is 4. The van der Waals surface area contributed by atoms with Gasteiger partial charge in [0.2, 0.25) is 5.91 Å². The van der Waals surface area contributed by atoms with Gasteiger partial charge in [-0.2, -0.15) is 18.3 Å². The molecule has 0 spiro atoms. The fourth-order valence-corrected chi connectivity index (χ4v) is 7.24. The van der Waals surface area contributed by atoms with Crippen LogP contribution in [0.15, 0.2) is 42.7 Å². The van der Waals surface area contributed by atoms with Crippen LogP contribution in [0.3, 0.4) is 0 Å². The maximum absolute atomic E-state index is 15.1. The summed E-state index contributed by atoms with van der Waals surface area (Å²) in [5, 5.41) is 6.02. The molecule has 40 heavy (non-hydrogen) atoms.